The molecule has 0 bridgehead atoms. The summed E-state index contributed by atoms with van der Waals surface area (Å²) in [4.78, 5) is 22.0. The van der Waals surface area contributed by atoms with Gasteiger partial charge in [0, 0.05) is 6.08 Å². The molecule has 0 radical (unpaired) electrons. The average molecular weight is 216 g/mol. The Hall–Kier alpha value is -1.36. The van der Waals surface area contributed by atoms with Crippen molar-refractivity contribution in [3.8, 4) is 0 Å². The van der Waals surface area contributed by atoms with Crippen LogP contribution in [0.5, 0.6) is 0 Å². The maximum atomic E-state index is 11.2. The molecule has 0 heterocycles. The molecule has 1 N–H and O–H groups in total. The second-order valence-corrected chi connectivity index (χ2v) is 3.27. The summed E-state index contributed by atoms with van der Waals surface area (Å²) in [5, 5.41) is 9.61. The van der Waals surface area contributed by atoms with Gasteiger partial charge in [0.25, 0.3) is 0 Å². The van der Waals surface area contributed by atoms with Gasteiger partial charge in [-0.2, -0.15) is 0 Å². The van der Waals surface area contributed by atoms with Crippen molar-refractivity contribution in [3.05, 3.63) is 12.7 Å². The third-order valence-corrected chi connectivity index (χ3v) is 1.61. The van der Waals surface area contributed by atoms with Gasteiger partial charge in [-0.25, -0.2) is 4.79 Å². The molecule has 0 spiro atoms. The monoisotopic (exact) mass is 216 g/mol. The lowest BCUT2D eigenvalue weighted by molar-refractivity contribution is -0.325. The van der Waals surface area contributed by atoms with Crippen LogP contribution in [0.2, 0.25) is 0 Å². The van der Waals surface area contributed by atoms with Crippen LogP contribution in [0, 0.1) is 5.92 Å². The first-order valence-electron chi connectivity index (χ1n) is 4.65. The Labute approximate surface area is 88.7 Å². The molecule has 0 aliphatic rings. The van der Waals surface area contributed by atoms with E-state index in [0.717, 1.165) is 6.08 Å². The molecule has 0 rings (SSSR count). The molecule has 0 aromatic carbocycles. The molecule has 5 heteroatoms. The van der Waals surface area contributed by atoms with Crippen LogP contribution in [-0.4, -0.2) is 23.0 Å². The first kappa shape index (κ1) is 13.6. The van der Waals surface area contributed by atoms with Gasteiger partial charge in [-0.05, 0) is 0 Å². The Morgan fingerprint density at radius 2 is 2.00 bits per heavy atom. The summed E-state index contributed by atoms with van der Waals surface area (Å²) < 4.78 is 9.16. The lowest BCUT2D eigenvalue weighted by atomic mass is 10.2. The van der Waals surface area contributed by atoms with Crippen molar-refractivity contribution in [2.75, 3.05) is 0 Å². The van der Waals surface area contributed by atoms with Crippen LogP contribution in [0.1, 0.15) is 27.2 Å². The van der Waals surface area contributed by atoms with Gasteiger partial charge >= 0.3 is 17.9 Å². The van der Waals surface area contributed by atoms with Gasteiger partial charge in [-0.15, -0.1) is 0 Å². The molecule has 5 nitrogen and oxygen atoms in total. The van der Waals surface area contributed by atoms with Crippen LogP contribution in [0.4, 0.5) is 0 Å². The Morgan fingerprint density at radius 3 is 2.33 bits per heavy atom. The average Bonchev–Trinajstić information content (AvgIpc) is 2.17. The zero-order chi connectivity index (χ0) is 12.1. The number of esters is 2. The molecule has 86 valence electrons. The molecule has 1 atom stereocenters. The number of carbonyl (C=O) groups is 2. The number of aliphatic hydroxyl groups is 1. The van der Waals surface area contributed by atoms with E-state index in [-0.39, 0.29) is 6.42 Å². The van der Waals surface area contributed by atoms with Crippen LogP contribution in [-0.2, 0) is 19.1 Å². The smallest absolute Gasteiger partial charge is 0.373 e. The first-order chi connectivity index (χ1) is 6.84. The number of rotatable bonds is 5. The molecule has 0 saturated carbocycles. The molecular weight excluding hydrogens is 200 g/mol. The summed E-state index contributed by atoms with van der Waals surface area (Å²) in [7, 11) is 0. The van der Waals surface area contributed by atoms with E-state index in [1.807, 2.05) is 0 Å². The highest BCUT2D eigenvalue weighted by Gasteiger charge is 2.34. The summed E-state index contributed by atoms with van der Waals surface area (Å²) >= 11 is 0. The highest BCUT2D eigenvalue weighted by atomic mass is 16.8. The van der Waals surface area contributed by atoms with E-state index in [1.54, 1.807) is 13.8 Å². The molecule has 0 aromatic rings. The van der Waals surface area contributed by atoms with Gasteiger partial charge in [-0.3, -0.25) is 4.79 Å². The number of hydrogen-bond acceptors (Lipinski definition) is 5. The van der Waals surface area contributed by atoms with Crippen molar-refractivity contribution >= 4 is 11.9 Å². The summed E-state index contributed by atoms with van der Waals surface area (Å²) in [6, 6.07) is 0. The molecule has 0 aromatic heterocycles. The number of carbonyl (C=O) groups excluding carboxylic acids is 2. The maximum absolute atomic E-state index is 11.2. The van der Waals surface area contributed by atoms with Crippen molar-refractivity contribution in [3.63, 3.8) is 0 Å². The van der Waals surface area contributed by atoms with E-state index in [2.05, 4.69) is 16.1 Å². The first-order valence-corrected chi connectivity index (χ1v) is 4.65. The van der Waals surface area contributed by atoms with Crippen LogP contribution in [0.25, 0.3) is 0 Å². The van der Waals surface area contributed by atoms with Crippen LogP contribution in [0.15, 0.2) is 12.7 Å². The maximum Gasteiger partial charge on any atom is 0.373 e. The van der Waals surface area contributed by atoms with Gasteiger partial charge in [0.2, 0.25) is 0 Å². The van der Waals surface area contributed by atoms with Crippen LogP contribution < -0.4 is 0 Å². The fourth-order valence-electron chi connectivity index (χ4n) is 0.639. The summed E-state index contributed by atoms with van der Waals surface area (Å²) in [5.74, 6) is -4.11. The van der Waals surface area contributed by atoms with Crippen molar-refractivity contribution in [2.45, 2.75) is 33.2 Å². The Balaban J connectivity index is 4.50. The molecule has 0 fully saturated rings. The van der Waals surface area contributed by atoms with Gasteiger partial charge in [0.05, 0.1) is 12.3 Å². The van der Waals surface area contributed by atoms with E-state index in [9.17, 15) is 14.7 Å². The quantitative estimate of drug-likeness (QED) is 0.421. The third-order valence-electron chi connectivity index (χ3n) is 1.61. The van der Waals surface area contributed by atoms with Crippen molar-refractivity contribution in [1.29, 1.82) is 0 Å². The molecule has 15 heavy (non-hydrogen) atoms. The predicted octanol–water partition coefficient (Wildman–Crippen LogP) is 0.971. The van der Waals surface area contributed by atoms with Gasteiger partial charge in [0.1, 0.15) is 0 Å². The highest BCUT2D eigenvalue weighted by molar-refractivity contribution is 5.81. The van der Waals surface area contributed by atoms with Gasteiger partial charge in [0.15, 0.2) is 0 Å². The molecular formula is C10H16O5. The lowest BCUT2D eigenvalue weighted by Crippen LogP contribution is -2.40. The number of hydrogen-bond donors (Lipinski definition) is 1. The minimum absolute atomic E-state index is 0.0506. The number of ether oxygens (including phenoxy) is 2. The van der Waals surface area contributed by atoms with E-state index in [4.69, 9.17) is 0 Å². The second-order valence-electron chi connectivity index (χ2n) is 3.27. The van der Waals surface area contributed by atoms with Crippen LogP contribution >= 0.6 is 0 Å². The Bertz CT molecular complexity index is 259. The molecule has 0 saturated heterocycles. The minimum atomic E-state index is -2.20. The van der Waals surface area contributed by atoms with Gasteiger partial charge in [-0.1, -0.05) is 27.4 Å². The Morgan fingerprint density at radius 1 is 1.47 bits per heavy atom. The normalized spacial score (nSPS) is 14.2. The fourth-order valence-corrected chi connectivity index (χ4v) is 0.639. The van der Waals surface area contributed by atoms with E-state index in [1.165, 1.54) is 6.92 Å². The topological polar surface area (TPSA) is 72.8 Å². The van der Waals surface area contributed by atoms with Crippen LogP contribution in [0.3, 0.4) is 0 Å². The highest BCUT2D eigenvalue weighted by Crippen LogP contribution is 2.16. The molecule has 0 aliphatic carbocycles. The zero-order valence-corrected chi connectivity index (χ0v) is 9.15. The fraction of sp³-hybridized carbons (Fsp3) is 0.600. The standard InChI is InChI=1S/C10H16O5/c1-5-8(11)14-10(13,6-2)15-9(12)7(3)4/h5,7,13H,1,6H2,2-4H3. The van der Waals surface area contributed by atoms with E-state index in [0.29, 0.717) is 0 Å². The van der Waals surface area contributed by atoms with Crippen molar-refractivity contribution in [2.24, 2.45) is 5.92 Å². The second kappa shape index (κ2) is 5.50. The molecule has 0 amide bonds. The minimum Gasteiger partial charge on any atom is -0.398 e. The van der Waals surface area contributed by atoms with Crippen molar-refractivity contribution < 1.29 is 24.2 Å². The zero-order valence-electron chi connectivity index (χ0n) is 9.15. The van der Waals surface area contributed by atoms with E-state index < -0.39 is 23.8 Å². The molecule has 1 unspecified atom stereocenters. The SMILES string of the molecule is C=CC(=O)OC(O)(CC)OC(=O)C(C)C. The van der Waals surface area contributed by atoms with Gasteiger partial charge < -0.3 is 14.6 Å². The third kappa shape index (κ3) is 4.60. The largest absolute Gasteiger partial charge is 0.398 e. The summed E-state index contributed by atoms with van der Waals surface area (Å²) in [5.41, 5.74) is 0. The lowest BCUT2D eigenvalue weighted by Gasteiger charge is -2.25. The van der Waals surface area contributed by atoms with Crippen molar-refractivity contribution in [1.82, 2.24) is 0 Å². The summed E-state index contributed by atoms with van der Waals surface area (Å²) in [6.07, 6.45) is 0.828. The Kier molecular flexibility index (Phi) is 5.00. The summed E-state index contributed by atoms with van der Waals surface area (Å²) in [6.45, 7) is 7.89. The van der Waals surface area contributed by atoms with E-state index >= 15 is 0 Å². The molecule has 0 aliphatic heterocycles. The predicted molar refractivity (Wildman–Crippen MR) is 52.5 cm³/mol.